The molecular formula is C20H21NO7S. The van der Waals surface area contributed by atoms with Crippen LogP contribution in [-0.4, -0.2) is 33.7 Å². The first-order chi connectivity index (χ1) is 13.7. The summed E-state index contributed by atoms with van der Waals surface area (Å²) >= 11 is 0. The van der Waals surface area contributed by atoms with Gasteiger partial charge in [0, 0.05) is 17.0 Å². The van der Waals surface area contributed by atoms with Crippen molar-refractivity contribution in [2.45, 2.75) is 24.8 Å². The van der Waals surface area contributed by atoms with Crippen LogP contribution >= 0.6 is 0 Å². The molecule has 0 bridgehead atoms. The number of benzene rings is 2. The summed E-state index contributed by atoms with van der Waals surface area (Å²) in [7, 11) is -0.848. The Morgan fingerprint density at radius 2 is 1.79 bits per heavy atom. The van der Waals surface area contributed by atoms with Crippen LogP contribution in [-0.2, 0) is 10.0 Å². The minimum Gasteiger partial charge on any atom is -0.493 e. The molecule has 1 heterocycles. The molecule has 9 heteroatoms. The highest BCUT2D eigenvalue weighted by Gasteiger charge is 2.22. The van der Waals surface area contributed by atoms with Crippen molar-refractivity contribution in [2.24, 2.45) is 0 Å². The zero-order valence-corrected chi connectivity index (χ0v) is 17.2. The van der Waals surface area contributed by atoms with Crippen LogP contribution in [0.2, 0.25) is 0 Å². The number of sulfonamides is 1. The predicted octanol–water partition coefficient (Wildman–Crippen LogP) is 3.50. The molecule has 0 saturated carbocycles. The van der Waals surface area contributed by atoms with Gasteiger partial charge in [0.2, 0.25) is 15.8 Å². The topological polar surface area (TPSA) is 115 Å². The summed E-state index contributed by atoms with van der Waals surface area (Å²) in [5.74, 6) is -0.376. The SMILES string of the molecule is COc1ccc(C(C)NS(=O)(=O)c2ccc3oc(C(=O)O)c(C)c3c2)cc1OC. The molecule has 0 aliphatic rings. The molecule has 0 aliphatic carbocycles. The van der Waals surface area contributed by atoms with Crippen LogP contribution in [0.25, 0.3) is 11.0 Å². The van der Waals surface area contributed by atoms with Gasteiger partial charge in [0.05, 0.1) is 19.1 Å². The maximum absolute atomic E-state index is 12.9. The van der Waals surface area contributed by atoms with Crippen LogP contribution in [0.1, 0.15) is 34.6 Å². The molecule has 0 aliphatic heterocycles. The number of fused-ring (bicyclic) bond motifs is 1. The molecular weight excluding hydrogens is 398 g/mol. The number of furan rings is 1. The zero-order valence-electron chi connectivity index (χ0n) is 16.3. The van der Waals surface area contributed by atoms with E-state index in [4.69, 9.17) is 13.9 Å². The summed E-state index contributed by atoms with van der Waals surface area (Å²) in [6.07, 6.45) is 0. The smallest absolute Gasteiger partial charge is 0.372 e. The van der Waals surface area contributed by atoms with E-state index in [1.54, 1.807) is 32.0 Å². The zero-order chi connectivity index (χ0) is 21.3. The highest BCUT2D eigenvalue weighted by atomic mass is 32.2. The lowest BCUT2D eigenvalue weighted by Gasteiger charge is -2.17. The Morgan fingerprint density at radius 1 is 1.10 bits per heavy atom. The molecule has 1 aromatic heterocycles. The van der Waals surface area contributed by atoms with Crippen LogP contribution in [0.4, 0.5) is 0 Å². The van der Waals surface area contributed by atoms with Gasteiger partial charge in [0.15, 0.2) is 11.5 Å². The van der Waals surface area contributed by atoms with E-state index in [0.29, 0.717) is 33.6 Å². The van der Waals surface area contributed by atoms with Crippen LogP contribution in [0, 0.1) is 6.92 Å². The highest BCUT2D eigenvalue weighted by molar-refractivity contribution is 7.89. The van der Waals surface area contributed by atoms with Crippen LogP contribution < -0.4 is 14.2 Å². The maximum Gasteiger partial charge on any atom is 0.372 e. The Kier molecular flexibility index (Phi) is 5.54. The summed E-state index contributed by atoms with van der Waals surface area (Å²) in [6.45, 7) is 3.29. The Hall–Kier alpha value is -3.04. The fourth-order valence-electron chi connectivity index (χ4n) is 3.06. The number of carboxylic acids is 1. The Morgan fingerprint density at radius 3 is 2.41 bits per heavy atom. The summed E-state index contributed by atoms with van der Waals surface area (Å²) in [5, 5.41) is 9.61. The van der Waals surface area contributed by atoms with Gasteiger partial charge in [-0.15, -0.1) is 0 Å². The number of nitrogens with one attached hydrogen (secondary N) is 1. The minimum absolute atomic E-state index is 0.0122. The van der Waals surface area contributed by atoms with E-state index in [-0.39, 0.29) is 10.7 Å². The van der Waals surface area contributed by atoms with Crippen molar-refractivity contribution in [3.63, 3.8) is 0 Å². The van der Waals surface area contributed by atoms with E-state index in [0.717, 1.165) is 0 Å². The average molecular weight is 419 g/mol. The lowest BCUT2D eigenvalue weighted by Crippen LogP contribution is -2.26. The third kappa shape index (κ3) is 3.92. The predicted molar refractivity (Wildman–Crippen MR) is 106 cm³/mol. The van der Waals surface area contributed by atoms with Gasteiger partial charge in [-0.1, -0.05) is 6.07 Å². The molecule has 8 nitrogen and oxygen atoms in total. The Bertz CT molecular complexity index is 1180. The van der Waals surface area contributed by atoms with Crippen molar-refractivity contribution < 1.29 is 32.2 Å². The number of methoxy groups -OCH3 is 2. The van der Waals surface area contributed by atoms with Gasteiger partial charge >= 0.3 is 5.97 Å². The van der Waals surface area contributed by atoms with Gasteiger partial charge in [-0.3, -0.25) is 0 Å². The monoisotopic (exact) mass is 419 g/mol. The van der Waals surface area contributed by atoms with Crippen molar-refractivity contribution in [3.05, 3.63) is 53.3 Å². The molecule has 2 N–H and O–H groups in total. The molecule has 3 aromatic rings. The molecule has 0 saturated heterocycles. The minimum atomic E-state index is -3.87. The standard InChI is InChI=1S/C20H21NO7S/c1-11-15-10-14(6-8-16(15)28-19(11)20(22)23)29(24,25)21-12(2)13-5-7-17(26-3)18(9-13)27-4/h5-10,12,21H,1-4H3,(H,22,23). The highest BCUT2D eigenvalue weighted by Crippen LogP contribution is 2.31. The van der Waals surface area contributed by atoms with Crippen molar-refractivity contribution in [1.29, 1.82) is 0 Å². The lowest BCUT2D eigenvalue weighted by molar-refractivity contribution is 0.0664. The summed E-state index contributed by atoms with van der Waals surface area (Å²) in [6, 6.07) is 8.84. The molecule has 154 valence electrons. The first kappa shape index (κ1) is 20.7. The number of carbonyl (C=O) groups is 1. The second-order valence-corrected chi connectivity index (χ2v) is 8.19. The van der Waals surface area contributed by atoms with E-state index in [2.05, 4.69) is 4.72 Å². The van der Waals surface area contributed by atoms with Crippen molar-refractivity contribution >= 4 is 27.0 Å². The van der Waals surface area contributed by atoms with Crippen LogP contribution in [0.5, 0.6) is 11.5 Å². The van der Waals surface area contributed by atoms with Gasteiger partial charge in [-0.05, 0) is 49.7 Å². The van der Waals surface area contributed by atoms with Crippen molar-refractivity contribution in [3.8, 4) is 11.5 Å². The molecule has 1 unspecified atom stereocenters. The normalized spacial score (nSPS) is 12.7. The number of rotatable bonds is 7. The van der Waals surface area contributed by atoms with Gasteiger partial charge < -0.3 is 19.0 Å². The second-order valence-electron chi connectivity index (χ2n) is 6.48. The molecule has 1 atom stereocenters. The number of aryl methyl sites for hydroxylation is 1. The number of hydrogen-bond donors (Lipinski definition) is 2. The van der Waals surface area contributed by atoms with Gasteiger partial charge in [-0.2, -0.15) is 0 Å². The van der Waals surface area contributed by atoms with Crippen molar-refractivity contribution in [1.82, 2.24) is 4.72 Å². The first-order valence-electron chi connectivity index (χ1n) is 8.68. The molecule has 0 amide bonds. The fraction of sp³-hybridized carbons (Fsp3) is 0.250. The quantitative estimate of drug-likeness (QED) is 0.602. The number of ether oxygens (including phenoxy) is 2. The van der Waals surface area contributed by atoms with E-state index in [1.165, 1.54) is 32.4 Å². The Labute approximate surface area is 168 Å². The summed E-state index contributed by atoms with van der Waals surface area (Å²) in [5.41, 5.74) is 1.38. The molecule has 2 aromatic carbocycles. The lowest BCUT2D eigenvalue weighted by atomic mass is 10.1. The molecule has 29 heavy (non-hydrogen) atoms. The van der Waals surface area contributed by atoms with Gasteiger partial charge in [0.1, 0.15) is 5.58 Å². The molecule has 0 spiro atoms. The Balaban J connectivity index is 1.93. The number of aromatic carboxylic acids is 1. The molecule has 0 fully saturated rings. The van der Waals surface area contributed by atoms with E-state index < -0.39 is 22.0 Å². The number of hydrogen-bond acceptors (Lipinski definition) is 6. The molecule has 3 rings (SSSR count). The third-order valence-corrected chi connectivity index (χ3v) is 6.19. The van der Waals surface area contributed by atoms with Crippen LogP contribution in [0.15, 0.2) is 45.7 Å². The number of carboxylic acid groups (broad SMARTS) is 1. The summed E-state index contributed by atoms with van der Waals surface area (Å²) < 4.78 is 44.1. The van der Waals surface area contributed by atoms with Gasteiger partial charge in [-0.25, -0.2) is 17.9 Å². The largest absolute Gasteiger partial charge is 0.493 e. The fourth-order valence-corrected chi connectivity index (χ4v) is 4.32. The molecule has 0 radical (unpaired) electrons. The van der Waals surface area contributed by atoms with E-state index in [1.807, 2.05) is 0 Å². The van der Waals surface area contributed by atoms with Crippen LogP contribution in [0.3, 0.4) is 0 Å². The third-order valence-electron chi connectivity index (χ3n) is 4.65. The van der Waals surface area contributed by atoms with E-state index >= 15 is 0 Å². The van der Waals surface area contributed by atoms with Crippen molar-refractivity contribution in [2.75, 3.05) is 14.2 Å². The maximum atomic E-state index is 12.9. The summed E-state index contributed by atoms with van der Waals surface area (Å²) in [4.78, 5) is 11.2. The van der Waals surface area contributed by atoms with E-state index in [9.17, 15) is 18.3 Å². The average Bonchev–Trinajstić information content (AvgIpc) is 3.03. The van der Waals surface area contributed by atoms with Gasteiger partial charge in [0.25, 0.3) is 0 Å². The second kappa shape index (κ2) is 7.76. The first-order valence-corrected chi connectivity index (χ1v) is 10.2.